The number of aryl methyl sites for hydroxylation is 1. The summed E-state index contributed by atoms with van der Waals surface area (Å²) < 4.78 is 6.89. The Balaban J connectivity index is 2.63. The molecule has 17 heavy (non-hydrogen) atoms. The van der Waals surface area contributed by atoms with Gasteiger partial charge in [-0.15, -0.1) is 0 Å². The van der Waals surface area contributed by atoms with E-state index in [2.05, 4.69) is 5.10 Å². The molecular weight excluding hydrogens is 216 g/mol. The summed E-state index contributed by atoms with van der Waals surface area (Å²) in [5.41, 5.74) is 2.42. The number of aromatic nitrogens is 2. The van der Waals surface area contributed by atoms with Crippen molar-refractivity contribution >= 4 is 5.78 Å². The van der Waals surface area contributed by atoms with Gasteiger partial charge in [-0.25, -0.2) is 4.68 Å². The largest absolute Gasteiger partial charge is 0.494 e. The Kier molecular flexibility index (Phi) is 2.95. The molecule has 0 aliphatic rings. The van der Waals surface area contributed by atoms with Gasteiger partial charge in [0.05, 0.1) is 13.3 Å². The van der Waals surface area contributed by atoms with Crippen molar-refractivity contribution in [1.82, 2.24) is 9.78 Å². The fourth-order valence-electron chi connectivity index (χ4n) is 1.73. The van der Waals surface area contributed by atoms with E-state index in [0.29, 0.717) is 11.4 Å². The number of Topliss-reactive ketones (excluding diaryl/α,β-unsaturated/α-hetero) is 1. The lowest BCUT2D eigenvalue weighted by Crippen LogP contribution is -2.07. The van der Waals surface area contributed by atoms with Crippen LogP contribution >= 0.6 is 0 Å². The van der Waals surface area contributed by atoms with Crippen LogP contribution in [0, 0.1) is 6.92 Å². The van der Waals surface area contributed by atoms with Crippen molar-refractivity contribution < 1.29 is 9.53 Å². The third kappa shape index (κ3) is 2.06. The number of carbonyl (C=O) groups excluding carboxylic acids is 1. The number of carbonyl (C=O) groups is 1. The van der Waals surface area contributed by atoms with Crippen LogP contribution in [0.5, 0.6) is 5.75 Å². The molecule has 2 rings (SSSR count). The van der Waals surface area contributed by atoms with Gasteiger partial charge < -0.3 is 4.74 Å². The highest BCUT2D eigenvalue weighted by molar-refractivity contribution is 5.93. The van der Waals surface area contributed by atoms with Gasteiger partial charge in [0, 0.05) is 6.92 Å². The van der Waals surface area contributed by atoms with Crippen LogP contribution < -0.4 is 4.74 Å². The van der Waals surface area contributed by atoms with Gasteiger partial charge in [0.2, 0.25) is 0 Å². The third-order valence-electron chi connectivity index (χ3n) is 2.57. The normalized spacial score (nSPS) is 10.3. The predicted octanol–water partition coefficient (Wildman–Crippen LogP) is 2.39. The van der Waals surface area contributed by atoms with Crippen LogP contribution in [0.2, 0.25) is 0 Å². The van der Waals surface area contributed by atoms with Crippen LogP contribution in [-0.4, -0.2) is 22.7 Å². The highest BCUT2D eigenvalue weighted by atomic mass is 16.5. The van der Waals surface area contributed by atoms with E-state index in [1.54, 1.807) is 24.1 Å². The summed E-state index contributed by atoms with van der Waals surface area (Å²) in [5.74, 6) is 0.674. The second-order valence-corrected chi connectivity index (χ2v) is 3.86. The molecule has 0 aliphatic carbocycles. The van der Waals surface area contributed by atoms with E-state index in [-0.39, 0.29) is 5.78 Å². The molecule has 4 nitrogen and oxygen atoms in total. The third-order valence-corrected chi connectivity index (χ3v) is 2.57. The standard InChI is InChI=1S/C13H14N2O2/c1-9-4-5-13(17-3)12(8-9)15-11(10(2)16)6-7-14-15/h4-8H,1-3H3. The van der Waals surface area contributed by atoms with Gasteiger partial charge in [-0.1, -0.05) is 6.07 Å². The van der Waals surface area contributed by atoms with Crippen molar-refractivity contribution in [2.24, 2.45) is 0 Å². The first kappa shape index (κ1) is 11.4. The number of hydrogen-bond acceptors (Lipinski definition) is 3. The van der Waals surface area contributed by atoms with Crippen molar-refractivity contribution in [3.8, 4) is 11.4 Å². The topological polar surface area (TPSA) is 44.1 Å². The van der Waals surface area contributed by atoms with Crippen molar-refractivity contribution in [1.29, 1.82) is 0 Å². The van der Waals surface area contributed by atoms with Gasteiger partial charge in [0.1, 0.15) is 17.1 Å². The van der Waals surface area contributed by atoms with Crippen LogP contribution in [0.25, 0.3) is 5.69 Å². The lowest BCUT2D eigenvalue weighted by atomic mass is 10.2. The number of hydrogen-bond donors (Lipinski definition) is 0. The van der Waals surface area contributed by atoms with Crippen molar-refractivity contribution in [2.75, 3.05) is 7.11 Å². The molecule has 1 heterocycles. The first-order valence-electron chi connectivity index (χ1n) is 5.33. The van der Waals surface area contributed by atoms with Crippen LogP contribution in [-0.2, 0) is 0 Å². The van der Waals surface area contributed by atoms with Crippen LogP contribution in [0.15, 0.2) is 30.5 Å². The molecule has 0 amide bonds. The number of rotatable bonds is 3. The van der Waals surface area contributed by atoms with E-state index in [9.17, 15) is 4.79 Å². The monoisotopic (exact) mass is 230 g/mol. The highest BCUT2D eigenvalue weighted by Crippen LogP contribution is 2.24. The predicted molar refractivity (Wildman–Crippen MR) is 64.9 cm³/mol. The summed E-state index contributed by atoms with van der Waals surface area (Å²) in [4.78, 5) is 11.5. The fraction of sp³-hybridized carbons (Fsp3) is 0.231. The second kappa shape index (κ2) is 4.41. The van der Waals surface area contributed by atoms with Crippen molar-refractivity contribution in [3.63, 3.8) is 0 Å². The smallest absolute Gasteiger partial charge is 0.178 e. The van der Waals surface area contributed by atoms with E-state index in [4.69, 9.17) is 4.74 Å². The Labute approximate surface area is 99.8 Å². The SMILES string of the molecule is COc1ccc(C)cc1-n1nccc1C(C)=O. The van der Waals surface area contributed by atoms with Crippen LogP contribution in [0.4, 0.5) is 0 Å². The molecule has 0 unspecified atom stereocenters. The number of ketones is 1. The fourth-order valence-corrected chi connectivity index (χ4v) is 1.73. The summed E-state index contributed by atoms with van der Waals surface area (Å²) in [6, 6.07) is 7.47. The van der Waals surface area contributed by atoms with Crippen molar-refractivity contribution in [2.45, 2.75) is 13.8 Å². The average molecular weight is 230 g/mol. The number of methoxy groups -OCH3 is 1. The van der Waals surface area contributed by atoms with Crippen LogP contribution in [0.3, 0.4) is 0 Å². The Morgan fingerprint density at radius 2 is 2.12 bits per heavy atom. The maximum atomic E-state index is 11.5. The Hall–Kier alpha value is -2.10. The zero-order chi connectivity index (χ0) is 12.4. The molecule has 0 fully saturated rings. The first-order chi connectivity index (χ1) is 8.13. The molecule has 0 N–H and O–H groups in total. The van der Waals surface area contributed by atoms with E-state index >= 15 is 0 Å². The summed E-state index contributed by atoms with van der Waals surface area (Å²) in [6.45, 7) is 3.51. The lowest BCUT2D eigenvalue weighted by molar-refractivity contribution is 0.101. The molecular formula is C13H14N2O2. The second-order valence-electron chi connectivity index (χ2n) is 3.86. The molecule has 0 bridgehead atoms. The van der Waals surface area contributed by atoms with Crippen molar-refractivity contribution in [3.05, 3.63) is 41.7 Å². The molecule has 0 spiro atoms. The van der Waals surface area contributed by atoms with Gasteiger partial charge in [-0.3, -0.25) is 4.79 Å². The van der Waals surface area contributed by atoms with Crippen LogP contribution in [0.1, 0.15) is 23.0 Å². The summed E-state index contributed by atoms with van der Waals surface area (Å²) in [5, 5.41) is 4.17. The molecule has 0 saturated carbocycles. The zero-order valence-corrected chi connectivity index (χ0v) is 10.1. The Bertz CT molecular complexity index is 558. The highest BCUT2D eigenvalue weighted by Gasteiger charge is 2.13. The maximum absolute atomic E-state index is 11.5. The van der Waals surface area contributed by atoms with Gasteiger partial charge in [-0.05, 0) is 30.7 Å². The minimum atomic E-state index is -0.0222. The maximum Gasteiger partial charge on any atom is 0.178 e. The van der Waals surface area contributed by atoms with E-state index in [1.807, 2.05) is 25.1 Å². The van der Waals surface area contributed by atoms with E-state index in [0.717, 1.165) is 11.3 Å². The van der Waals surface area contributed by atoms with E-state index < -0.39 is 0 Å². The molecule has 1 aromatic heterocycles. The molecule has 2 aromatic rings. The zero-order valence-electron chi connectivity index (χ0n) is 10.1. The minimum Gasteiger partial charge on any atom is -0.494 e. The number of benzene rings is 1. The quantitative estimate of drug-likeness (QED) is 0.760. The summed E-state index contributed by atoms with van der Waals surface area (Å²) in [6.07, 6.45) is 1.61. The first-order valence-corrected chi connectivity index (χ1v) is 5.33. The Morgan fingerprint density at radius 3 is 2.76 bits per heavy atom. The van der Waals surface area contributed by atoms with Gasteiger partial charge in [-0.2, -0.15) is 5.10 Å². The number of nitrogens with zero attached hydrogens (tertiary/aromatic N) is 2. The molecule has 0 radical (unpaired) electrons. The summed E-state index contributed by atoms with van der Waals surface area (Å²) >= 11 is 0. The minimum absolute atomic E-state index is 0.0222. The van der Waals surface area contributed by atoms with E-state index in [1.165, 1.54) is 6.92 Å². The molecule has 0 saturated heterocycles. The molecule has 88 valence electrons. The number of ether oxygens (including phenoxy) is 1. The molecule has 0 atom stereocenters. The molecule has 1 aromatic carbocycles. The Morgan fingerprint density at radius 1 is 1.35 bits per heavy atom. The average Bonchev–Trinajstić information content (AvgIpc) is 2.77. The van der Waals surface area contributed by atoms with Gasteiger partial charge >= 0.3 is 0 Å². The lowest BCUT2D eigenvalue weighted by Gasteiger charge is -2.11. The molecule has 0 aliphatic heterocycles. The van der Waals surface area contributed by atoms with Gasteiger partial charge in [0.15, 0.2) is 5.78 Å². The molecule has 4 heteroatoms. The summed E-state index contributed by atoms with van der Waals surface area (Å²) in [7, 11) is 1.60. The van der Waals surface area contributed by atoms with Gasteiger partial charge in [0.25, 0.3) is 0 Å².